The van der Waals surface area contributed by atoms with E-state index in [1.54, 1.807) is 18.2 Å². The number of carbonyl (C=O) groups is 1. The second-order valence-electron chi connectivity index (χ2n) is 4.90. The lowest BCUT2D eigenvalue weighted by Crippen LogP contribution is -2.48. The van der Waals surface area contributed by atoms with Gasteiger partial charge in [0.1, 0.15) is 11.8 Å². The monoisotopic (exact) mass is 303 g/mol. The van der Waals surface area contributed by atoms with E-state index >= 15 is 0 Å². The number of hydrogen-bond acceptors (Lipinski definition) is 3. The van der Waals surface area contributed by atoms with Gasteiger partial charge in [0.2, 0.25) is 0 Å². The Morgan fingerprint density at radius 2 is 1.86 bits per heavy atom. The zero-order chi connectivity index (χ0) is 15.9. The van der Waals surface area contributed by atoms with Crippen LogP contribution in [0.5, 0.6) is 5.75 Å². The lowest BCUT2D eigenvalue weighted by Gasteiger charge is -2.24. The second kappa shape index (κ2) is 8.02. The Morgan fingerprint density at radius 1 is 1.24 bits per heavy atom. The maximum atomic E-state index is 12.8. The fraction of sp³-hybridized carbons (Fsp3) is 0.533. The molecule has 0 amide bonds. The van der Waals surface area contributed by atoms with Crippen LogP contribution in [0.25, 0.3) is 0 Å². The van der Waals surface area contributed by atoms with Gasteiger partial charge in [-0.25, -0.2) is 0 Å². The number of halogens is 3. The minimum absolute atomic E-state index is 0.0696. The van der Waals surface area contributed by atoms with Crippen LogP contribution < -0.4 is 10.5 Å². The molecule has 0 heterocycles. The summed E-state index contributed by atoms with van der Waals surface area (Å²) in [6.07, 6.45) is -2.44. The van der Waals surface area contributed by atoms with Gasteiger partial charge in [-0.15, -0.1) is 0 Å². The van der Waals surface area contributed by atoms with Gasteiger partial charge in [0.25, 0.3) is 0 Å². The Balaban J connectivity index is 2.77. The molecule has 0 saturated heterocycles. The first-order valence-corrected chi connectivity index (χ1v) is 6.95. The molecule has 0 fully saturated rings. The van der Waals surface area contributed by atoms with E-state index < -0.39 is 24.1 Å². The average molecular weight is 303 g/mol. The molecule has 3 nitrogen and oxygen atoms in total. The molecule has 0 aliphatic heterocycles. The van der Waals surface area contributed by atoms with Gasteiger partial charge >= 0.3 is 12.1 Å². The molecular weight excluding hydrogens is 283 g/mol. The van der Waals surface area contributed by atoms with E-state index in [0.29, 0.717) is 6.42 Å². The molecule has 0 saturated carbocycles. The number of nitrogens with two attached hydrogens (primary N) is 1. The van der Waals surface area contributed by atoms with E-state index in [2.05, 4.69) is 0 Å². The summed E-state index contributed by atoms with van der Waals surface area (Å²) in [6.45, 7) is 1.93. The fourth-order valence-electron chi connectivity index (χ4n) is 1.97. The Morgan fingerprint density at radius 3 is 2.38 bits per heavy atom. The molecule has 118 valence electrons. The molecule has 0 aliphatic carbocycles. The van der Waals surface area contributed by atoms with Crippen LogP contribution in [0.3, 0.4) is 0 Å². The third-order valence-corrected chi connectivity index (χ3v) is 3.19. The van der Waals surface area contributed by atoms with Crippen molar-refractivity contribution in [1.82, 2.24) is 0 Å². The third kappa shape index (κ3) is 5.75. The average Bonchev–Trinajstić information content (AvgIpc) is 2.43. The Hall–Kier alpha value is -1.56. The van der Waals surface area contributed by atoms with Crippen LogP contribution in [0, 0.1) is 5.92 Å². The Kier molecular flexibility index (Phi) is 6.68. The number of ether oxygens (including phenoxy) is 1. The van der Waals surface area contributed by atoms with Gasteiger partial charge in [-0.1, -0.05) is 44.4 Å². The van der Waals surface area contributed by atoms with Crippen molar-refractivity contribution in [3.8, 4) is 5.75 Å². The molecule has 0 spiro atoms. The first kappa shape index (κ1) is 17.5. The van der Waals surface area contributed by atoms with Crippen LogP contribution in [-0.4, -0.2) is 18.2 Å². The van der Waals surface area contributed by atoms with Crippen molar-refractivity contribution in [1.29, 1.82) is 0 Å². The van der Waals surface area contributed by atoms with Crippen molar-refractivity contribution < 1.29 is 22.7 Å². The van der Waals surface area contributed by atoms with Crippen molar-refractivity contribution in [2.45, 2.75) is 44.8 Å². The van der Waals surface area contributed by atoms with Gasteiger partial charge in [-0.05, 0) is 18.6 Å². The number of alkyl halides is 3. The Labute approximate surface area is 122 Å². The molecule has 0 bridgehead atoms. The summed E-state index contributed by atoms with van der Waals surface area (Å²) < 4.78 is 43.3. The number of esters is 1. The SMILES string of the molecule is CCCCC[C@H](C(=O)Oc1ccccc1)[C@H](N)C(F)(F)F. The number of unbranched alkanes of at least 4 members (excludes halogenated alkanes) is 2. The van der Waals surface area contributed by atoms with E-state index in [1.165, 1.54) is 12.1 Å². The lowest BCUT2D eigenvalue weighted by molar-refractivity contribution is -0.172. The van der Waals surface area contributed by atoms with Crippen molar-refractivity contribution in [2.75, 3.05) is 0 Å². The zero-order valence-electron chi connectivity index (χ0n) is 11.9. The molecule has 0 radical (unpaired) electrons. The topological polar surface area (TPSA) is 52.3 Å². The number of para-hydroxylation sites is 1. The van der Waals surface area contributed by atoms with Crippen molar-refractivity contribution in [3.63, 3.8) is 0 Å². The molecule has 1 aromatic carbocycles. The zero-order valence-corrected chi connectivity index (χ0v) is 11.9. The van der Waals surface area contributed by atoms with Gasteiger partial charge in [0.15, 0.2) is 0 Å². The highest BCUT2D eigenvalue weighted by Gasteiger charge is 2.45. The van der Waals surface area contributed by atoms with Crippen LogP contribution >= 0.6 is 0 Å². The van der Waals surface area contributed by atoms with Gasteiger partial charge < -0.3 is 10.5 Å². The van der Waals surface area contributed by atoms with E-state index in [4.69, 9.17) is 10.5 Å². The second-order valence-corrected chi connectivity index (χ2v) is 4.90. The highest BCUT2D eigenvalue weighted by Crippen LogP contribution is 2.28. The molecule has 0 aromatic heterocycles. The van der Waals surface area contributed by atoms with E-state index in [-0.39, 0.29) is 12.2 Å². The minimum atomic E-state index is -4.62. The summed E-state index contributed by atoms with van der Waals surface area (Å²) in [4.78, 5) is 12.0. The first-order chi connectivity index (χ1) is 9.86. The van der Waals surface area contributed by atoms with Crippen molar-refractivity contribution >= 4 is 5.97 Å². The summed E-state index contributed by atoms with van der Waals surface area (Å²) in [7, 11) is 0. The van der Waals surface area contributed by atoms with Crippen molar-refractivity contribution in [2.24, 2.45) is 11.7 Å². The summed E-state index contributed by atoms with van der Waals surface area (Å²) >= 11 is 0. The molecule has 6 heteroatoms. The van der Waals surface area contributed by atoms with Gasteiger partial charge in [0.05, 0.1) is 5.92 Å². The van der Waals surface area contributed by atoms with Gasteiger partial charge in [0, 0.05) is 0 Å². The molecule has 0 aliphatic rings. The molecule has 21 heavy (non-hydrogen) atoms. The predicted molar refractivity (Wildman–Crippen MR) is 73.7 cm³/mol. The maximum absolute atomic E-state index is 12.8. The largest absolute Gasteiger partial charge is 0.426 e. The number of benzene rings is 1. The van der Waals surface area contributed by atoms with Gasteiger partial charge in [-0.3, -0.25) is 4.79 Å². The van der Waals surface area contributed by atoms with E-state index in [9.17, 15) is 18.0 Å². The van der Waals surface area contributed by atoms with Crippen LogP contribution in [0.1, 0.15) is 32.6 Å². The standard InChI is InChI=1S/C15H20F3NO2/c1-2-3-5-10-12(13(19)15(16,17)18)14(20)21-11-8-6-4-7-9-11/h4,6-9,12-13H,2-3,5,10,19H2,1H3/t12-,13-/m0/s1. The van der Waals surface area contributed by atoms with Gasteiger partial charge in [-0.2, -0.15) is 13.2 Å². The van der Waals surface area contributed by atoms with Crippen LogP contribution in [0.4, 0.5) is 13.2 Å². The Bertz CT molecular complexity index is 434. The van der Waals surface area contributed by atoms with E-state index in [1.807, 2.05) is 6.92 Å². The lowest BCUT2D eigenvalue weighted by atomic mass is 9.93. The third-order valence-electron chi connectivity index (χ3n) is 3.19. The minimum Gasteiger partial charge on any atom is -0.426 e. The maximum Gasteiger partial charge on any atom is 0.404 e. The highest BCUT2D eigenvalue weighted by atomic mass is 19.4. The van der Waals surface area contributed by atoms with Crippen LogP contribution in [0.15, 0.2) is 30.3 Å². The van der Waals surface area contributed by atoms with E-state index in [0.717, 1.165) is 12.8 Å². The summed E-state index contributed by atoms with van der Waals surface area (Å²) in [6, 6.07) is 5.82. The number of rotatable bonds is 7. The predicted octanol–water partition coefficient (Wildman–Crippen LogP) is 3.68. The highest BCUT2D eigenvalue weighted by molar-refractivity contribution is 5.76. The first-order valence-electron chi connectivity index (χ1n) is 6.95. The summed E-state index contributed by atoms with van der Waals surface area (Å²) in [5, 5.41) is 0. The normalized spacial score (nSPS) is 14.5. The van der Waals surface area contributed by atoms with Crippen LogP contribution in [0.2, 0.25) is 0 Å². The van der Waals surface area contributed by atoms with Crippen LogP contribution in [-0.2, 0) is 4.79 Å². The fourth-order valence-corrected chi connectivity index (χ4v) is 1.97. The number of carbonyl (C=O) groups excluding carboxylic acids is 1. The van der Waals surface area contributed by atoms with Crippen molar-refractivity contribution in [3.05, 3.63) is 30.3 Å². The molecular formula is C15H20F3NO2. The molecule has 2 N–H and O–H groups in total. The summed E-state index contributed by atoms with van der Waals surface area (Å²) in [5.74, 6) is -2.09. The quantitative estimate of drug-likeness (QED) is 0.475. The smallest absolute Gasteiger partial charge is 0.404 e. The molecule has 1 rings (SSSR count). The number of hydrogen-bond donors (Lipinski definition) is 1. The summed E-state index contributed by atoms with van der Waals surface area (Å²) in [5.41, 5.74) is 5.21. The molecule has 2 atom stereocenters. The molecule has 0 unspecified atom stereocenters. The molecule has 1 aromatic rings.